The number of aliphatic hydroxyl groups is 1. The van der Waals surface area contributed by atoms with E-state index in [4.69, 9.17) is 11.6 Å². The van der Waals surface area contributed by atoms with Crippen LogP contribution in [-0.2, 0) is 6.42 Å². The molecule has 1 aromatic carbocycles. The molecule has 0 aliphatic heterocycles. The molecule has 0 saturated carbocycles. The van der Waals surface area contributed by atoms with Crippen LogP contribution in [0.5, 0.6) is 0 Å². The lowest BCUT2D eigenvalue weighted by Crippen LogP contribution is -2.07. The number of aromatic nitrogens is 1. The number of nitrogens with zero attached hydrogens (tertiary/aromatic N) is 1. The molecule has 2 rings (SSSR count). The van der Waals surface area contributed by atoms with Gasteiger partial charge in [0.15, 0.2) is 0 Å². The number of rotatable bonds is 3. The zero-order valence-electron chi connectivity index (χ0n) is 9.90. The van der Waals surface area contributed by atoms with Crippen LogP contribution in [0.25, 0.3) is 0 Å². The van der Waals surface area contributed by atoms with E-state index in [1.54, 1.807) is 12.3 Å². The van der Waals surface area contributed by atoms with Gasteiger partial charge in [-0.2, -0.15) is 0 Å². The van der Waals surface area contributed by atoms with Gasteiger partial charge in [-0.3, -0.25) is 4.98 Å². The summed E-state index contributed by atoms with van der Waals surface area (Å²) in [4.78, 5) is 4.12. The van der Waals surface area contributed by atoms with Gasteiger partial charge in [0, 0.05) is 17.6 Å². The monoisotopic (exact) mass is 265 g/mol. The largest absolute Gasteiger partial charge is 0.386 e. The first-order chi connectivity index (χ1) is 8.58. The lowest BCUT2D eigenvalue weighted by molar-refractivity contribution is 0.171. The van der Waals surface area contributed by atoms with Crippen LogP contribution in [0.3, 0.4) is 0 Å². The van der Waals surface area contributed by atoms with E-state index in [-0.39, 0.29) is 12.2 Å². The number of aliphatic hydroxyl groups excluding tert-OH is 1. The molecule has 2 aromatic rings. The maximum absolute atomic E-state index is 13.6. The fraction of sp³-hybridized carbons (Fsp3) is 0.214. The van der Waals surface area contributed by atoms with Gasteiger partial charge < -0.3 is 5.11 Å². The van der Waals surface area contributed by atoms with Crippen molar-refractivity contribution in [3.63, 3.8) is 0 Å². The molecule has 4 heteroatoms. The van der Waals surface area contributed by atoms with Crippen molar-refractivity contribution in [1.29, 1.82) is 0 Å². The molecule has 0 saturated heterocycles. The Morgan fingerprint density at radius 3 is 2.89 bits per heavy atom. The summed E-state index contributed by atoms with van der Waals surface area (Å²) in [6.07, 6.45) is 0.934. The highest BCUT2D eigenvalue weighted by molar-refractivity contribution is 6.30. The predicted octanol–water partition coefficient (Wildman–Crippen LogP) is 3.46. The van der Waals surface area contributed by atoms with Crippen LogP contribution >= 0.6 is 11.6 Å². The number of pyridine rings is 1. The molecule has 18 heavy (non-hydrogen) atoms. The Labute approximate surface area is 110 Å². The number of benzene rings is 1. The lowest BCUT2D eigenvalue weighted by Gasteiger charge is -2.13. The average Bonchev–Trinajstić information content (AvgIpc) is 2.34. The summed E-state index contributed by atoms with van der Waals surface area (Å²) in [5, 5.41) is 10.6. The van der Waals surface area contributed by atoms with Gasteiger partial charge in [-0.25, -0.2) is 4.39 Å². The first-order valence-corrected chi connectivity index (χ1v) is 5.99. The van der Waals surface area contributed by atoms with Crippen molar-refractivity contribution in [2.45, 2.75) is 19.4 Å². The van der Waals surface area contributed by atoms with Gasteiger partial charge in [0.2, 0.25) is 0 Å². The molecule has 1 aromatic heterocycles. The molecule has 1 N–H and O–H groups in total. The van der Waals surface area contributed by atoms with Gasteiger partial charge in [-0.1, -0.05) is 17.7 Å². The molecule has 0 aliphatic rings. The minimum absolute atomic E-state index is 0.157. The third-order valence-corrected chi connectivity index (χ3v) is 3.02. The SMILES string of the molecule is Cc1cccnc1C(O)Cc1cc(Cl)ccc1F. The molecule has 1 atom stereocenters. The van der Waals surface area contributed by atoms with Gasteiger partial charge in [-0.15, -0.1) is 0 Å². The minimum atomic E-state index is -0.834. The smallest absolute Gasteiger partial charge is 0.126 e. The zero-order valence-corrected chi connectivity index (χ0v) is 10.7. The fourth-order valence-electron chi connectivity index (χ4n) is 1.85. The molecule has 0 bridgehead atoms. The van der Waals surface area contributed by atoms with E-state index in [0.29, 0.717) is 16.3 Å². The molecule has 2 nitrogen and oxygen atoms in total. The summed E-state index contributed by atoms with van der Waals surface area (Å²) in [6, 6.07) is 7.97. The van der Waals surface area contributed by atoms with Gasteiger partial charge >= 0.3 is 0 Å². The van der Waals surface area contributed by atoms with E-state index in [1.165, 1.54) is 18.2 Å². The summed E-state index contributed by atoms with van der Waals surface area (Å²) >= 11 is 5.81. The molecular weight excluding hydrogens is 253 g/mol. The van der Waals surface area contributed by atoms with Gasteiger partial charge in [0.05, 0.1) is 5.69 Å². The topological polar surface area (TPSA) is 33.1 Å². The Hall–Kier alpha value is -1.45. The van der Waals surface area contributed by atoms with Crippen LogP contribution < -0.4 is 0 Å². The van der Waals surface area contributed by atoms with Crippen LogP contribution in [0.1, 0.15) is 22.9 Å². The van der Waals surface area contributed by atoms with Crippen LogP contribution in [0.15, 0.2) is 36.5 Å². The Bertz CT molecular complexity index is 559. The standard InChI is InChI=1S/C14H13ClFNO/c1-9-3-2-6-17-14(9)13(18)8-10-7-11(15)4-5-12(10)16/h2-7,13,18H,8H2,1H3. The Balaban J connectivity index is 2.24. The maximum Gasteiger partial charge on any atom is 0.126 e. The van der Waals surface area contributed by atoms with E-state index in [1.807, 2.05) is 13.0 Å². The second-order valence-corrected chi connectivity index (χ2v) is 4.60. The van der Waals surface area contributed by atoms with Crippen LogP contribution in [-0.4, -0.2) is 10.1 Å². The minimum Gasteiger partial charge on any atom is -0.386 e. The van der Waals surface area contributed by atoms with Crippen LogP contribution in [0.2, 0.25) is 5.02 Å². The molecular formula is C14H13ClFNO. The molecule has 0 fully saturated rings. The number of hydrogen-bond donors (Lipinski definition) is 1. The summed E-state index contributed by atoms with van der Waals surface area (Å²) in [5.41, 5.74) is 1.84. The normalized spacial score (nSPS) is 12.4. The third kappa shape index (κ3) is 2.86. The number of hydrogen-bond acceptors (Lipinski definition) is 2. The van der Waals surface area contributed by atoms with Crippen molar-refractivity contribution in [1.82, 2.24) is 4.98 Å². The highest BCUT2D eigenvalue weighted by Gasteiger charge is 2.15. The fourth-order valence-corrected chi connectivity index (χ4v) is 2.05. The van der Waals surface area contributed by atoms with Crippen LogP contribution in [0, 0.1) is 12.7 Å². The first-order valence-electron chi connectivity index (χ1n) is 5.61. The van der Waals surface area contributed by atoms with E-state index in [0.717, 1.165) is 5.56 Å². The zero-order chi connectivity index (χ0) is 13.1. The Morgan fingerprint density at radius 2 is 2.17 bits per heavy atom. The third-order valence-electron chi connectivity index (χ3n) is 2.79. The average molecular weight is 266 g/mol. The van der Waals surface area contributed by atoms with Crippen LogP contribution in [0.4, 0.5) is 4.39 Å². The quantitative estimate of drug-likeness (QED) is 0.922. The van der Waals surface area contributed by atoms with E-state index in [2.05, 4.69) is 4.98 Å². The molecule has 1 heterocycles. The lowest BCUT2D eigenvalue weighted by atomic mass is 10.0. The highest BCUT2D eigenvalue weighted by Crippen LogP contribution is 2.23. The Morgan fingerprint density at radius 1 is 1.39 bits per heavy atom. The summed E-state index contributed by atoms with van der Waals surface area (Å²) < 4.78 is 13.6. The first kappa shape index (κ1) is 13.0. The van der Waals surface area contributed by atoms with Crippen molar-refractivity contribution < 1.29 is 9.50 Å². The molecule has 94 valence electrons. The van der Waals surface area contributed by atoms with Crippen molar-refractivity contribution in [2.75, 3.05) is 0 Å². The van der Waals surface area contributed by atoms with E-state index >= 15 is 0 Å². The molecule has 0 aliphatic carbocycles. The van der Waals surface area contributed by atoms with Crippen molar-refractivity contribution in [3.05, 3.63) is 64.2 Å². The molecule has 0 radical (unpaired) electrons. The number of aryl methyl sites for hydroxylation is 1. The van der Waals surface area contributed by atoms with Crippen molar-refractivity contribution in [2.24, 2.45) is 0 Å². The van der Waals surface area contributed by atoms with Gasteiger partial charge in [-0.05, 0) is 42.3 Å². The highest BCUT2D eigenvalue weighted by atomic mass is 35.5. The van der Waals surface area contributed by atoms with E-state index < -0.39 is 6.10 Å². The maximum atomic E-state index is 13.6. The summed E-state index contributed by atoms with van der Waals surface area (Å²) in [7, 11) is 0. The number of halogens is 2. The summed E-state index contributed by atoms with van der Waals surface area (Å²) in [5.74, 6) is -0.368. The molecule has 0 spiro atoms. The van der Waals surface area contributed by atoms with Gasteiger partial charge in [0.1, 0.15) is 11.9 Å². The molecule has 1 unspecified atom stereocenters. The second-order valence-electron chi connectivity index (χ2n) is 4.16. The van der Waals surface area contributed by atoms with Crippen molar-refractivity contribution in [3.8, 4) is 0 Å². The Kier molecular flexibility index (Phi) is 3.94. The second kappa shape index (κ2) is 5.46. The predicted molar refractivity (Wildman–Crippen MR) is 69.0 cm³/mol. The molecule has 0 amide bonds. The van der Waals surface area contributed by atoms with E-state index in [9.17, 15) is 9.50 Å². The van der Waals surface area contributed by atoms with Crippen molar-refractivity contribution >= 4 is 11.6 Å². The van der Waals surface area contributed by atoms with Gasteiger partial charge in [0.25, 0.3) is 0 Å². The summed E-state index contributed by atoms with van der Waals surface area (Å²) in [6.45, 7) is 1.86.